The van der Waals surface area contributed by atoms with Crippen molar-refractivity contribution in [2.75, 3.05) is 13.2 Å². The smallest absolute Gasteiger partial charge is 0.306 e. The minimum absolute atomic E-state index is 0.0793. The van der Waals surface area contributed by atoms with Crippen molar-refractivity contribution in [1.29, 1.82) is 0 Å². The molecular weight excluding hydrogens is 913 g/mol. The fourth-order valence-electron chi connectivity index (χ4n) is 9.73. The van der Waals surface area contributed by atoms with E-state index in [2.05, 4.69) is 69.4 Å². The molecule has 0 aromatic heterocycles. The summed E-state index contributed by atoms with van der Waals surface area (Å²) in [5.41, 5.74) is 0. The van der Waals surface area contributed by atoms with E-state index in [1.807, 2.05) is 0 Å². The van der Waals surface area contributed by atoms with Gasteiger partial charge >= 0.3 is 17.9 Å². The van der Waals surface area contributed by atoms with Gasteiger partial charge in [-0.2, -0.15) is 0 Å². The van der Waals surface area contributed by atoms with Crippen LogP contribution in [0.15, 0.2) is 48.6 Å². The Morgan fingerprint density at radius 1 is 0.284 bits per heavy atom. The molecule has 0 N–H and O–H groups in total. The van der Waals surface area contributed by atoms with Crippen LogP contribution >= 0.6 is 0 Å². The topological polar surface area (TPSA) is 78.9 Å². The van der Waals surface area contributed by atoms with Crippen LogP contribution in [0.1, 0.15) is 348 Å². The maximum absolute atomic E-state index is 12.8. The minimum atomic E-state index is -0.782. The highest BCUT2D eigenvalue weighted by molar-refractivity contribution is 5.71. The van der Waals surface area contributed by atoms with E-state index in [1.54, 1.807) is 0 Å². The first-order valence-electron chi connectivity index (χ1n) is 32.6. The molecule has 74 heavy (non-hydrogen) atoms. The Kier molecular flexibility index (Phi) is 60.7. The Bertz CT molecular complexity index is 1280. The summed E-state index contributed by atoms with van der Waals surface area (Å²) in [6, 6.07) is 0. The van der Waals surface area contributed by atoms with Crippen LogP contribution in [0.2, 0.25) is 0 Å². The summed E-state index contributed by atoms with van der Waals surface area (Å²) >= 11 is 0. The number of allylic oxidation sites excluding steroid dienone is 8. The molecule has 0 amide bonds. The molecule has 1 atom stereocenters. The predicted octanol–water partition coefficient (Wildman–Crippen LogP) is 22.2. The van der Waals surface area contributed by atoms with Crippen LogP contribution in [0.25, 0.3) is 0 Å². The Hall–Kier alpha value is -2.63. The zero-order chi connectivity index (χ0) is 53.6. The van der Waals surface area contributed by atoms with Crippen molar-refractivity contribution in [1.82, 2.24) is 0 Å². The predicted molar refractivity (Wildman–Crippen MR) is 321 cm³/mol. The van der Waals surface area contributed by atoms with Gasteiger partial charge in [0.1, 0.15) is 13.2 Å². The molecule has 0 spiro atoms. The SMILES string of the molecule is CC/C=C\C/C=C\C/C=C\C/C=C\CCCCCCC(=O)OC(COC(=O)CCCCCCCCCC)COC(=O)CCCCCCCCCCCCCCCCCCCCCCCCCCCCCCCCC. The molecule has 0 aliphatic carbocycles. The molecule has 6 nitrogen and oxygen atoms in total. The number of ether oxygens (including phenoxy) is 3. The fourth-order valence-corrected chi connectivity index (χ4v) is 9.73. The third kappa shape index (κ3) is 60.2. The van der Waals surface area contributed by atoms with Crippen molar-refractivity contribution in [2.24, 2.45) is 0 Å². The molecular formula is C68H124O6. The molecule has 6 heteroatoms. The molecule has 0 saturated carbocycles. The molecule has 0 aliphatic rings. The van der Waals surface area contributed by atoms with Gasteiger partial charge in [0.25, 0.3) is 0 Å². The van der Waals surface area contributed by atoms with E-state index in [4.69, 9.17) is 14.2 Å². The number of carbonyl (C=O) groups excluding carboxylic acids is 3. The zero-order valence-electron chi connectivity index (χ0n) is 49.6. The van der Waals surface area contributed by atoms with Crippen molar-refractivity contribution in [2.45, 2.75) is 354 Å². The van der Waals surface area contributed by atoms with Gasteiger partial charge in [0.2, 0.25) is 0 Å². The molecule has 0 heterocycles. The number of carbonyl (C=O) groups is 3. The van der Waals surface area contributed by atoms with E-state index < -0.39 is 6.10 Å². The molecule has 0 radical (unpaired) electrons. The van der Waals surface area contributed by atoms with Gasteiger partial charge in [-0.3, -0.25) is 14.4 Å². The lowest BCUT2D eigenvalue weighted by Crippen LogP contribution is -2.30. The van der Waals surface area contributed by atoms with Crippen LogP contribution in [-0.2, 0) is 28.6 Å². The van der Waals surface area contributed by atoms with Crippen molar-refractivity contribution < 1.29 is 28.6 Å². The molecule has 432 valence electrons. The number of hydrogen-bond acceptors (Lipinski definition) is 6. The minimum Gasteiger partial charge on any atom is -0.462 e. The number of unbranched alkanes of at least 4 members (excludes halogenated alkanes) is 41. The zero-order valence-corrected chi connectivity index (χ0v) is 49.6. The summed E-state index contributed by atoms with van der Waals surface area (Å²) in [7, 11) is 0. The van der Waals surface area contributed by atoms with E-state index >= 15 is 0 Å². The summed E-state index contributed by atoms with van der Waals surface area (Å²) in [5, 5.41) is 0. The molecule has 0 aliphatic heterocycles. The maximum Gasteiger partial charge on any atom is 0.306 e. The average Bonchev–Trinajstić information content (AvgIpc) is 3.40. The van der Waals surface area contributed by atoms with Gasteiger partial charge < -0.3 is 14.2 Å². The van der Waals surface area contributed by atoms with Gasteiger partial charge in [0.05, 0.1) is 0 Å². The van der Waals surface area contributed by atoms with Crippen LogP contribution in [0.5, 0.6) is 0 Å². The van der Waals surface area contributed by atoms with Crippen LogP contribution in [0, 0.1) is 0 Å². The van der Waals surface area contributed by atoms with Gasteiger partial charge in [-0.25, -0.2) is 0 Å². The molecule has 0 fully saturated rings. The first kappa shape index (κ1) is 71.4. The Morgan fingerprint density at radius 2 is 0.527 bits per heavy atom. The van der Waals surface area contributed by atoms with Gasteiger partial charge in [0.15, 0.2) is 6.10 Å². The van der Waals surface area contributed by atoms with Crippen molar-refractivity contribution in [3.63, 3.8) is 0 Å². The van der Waals surface area contributed by atoms with Gasteiger partial charge in [-0.05, 0) is 57.8 Å². The molecule has 0 bridgehead atoms. The van der Waals surface area contributed by atoms with Gasteiger partial charge in [0, 0.05) is 19.3 Å². The highest BCUT2D eigenvalue weighted by Gasteiger charge is 2.19. The molecule has 0 aromatic carbocycles. The van der Waals surface area contributed by atoms with Crippen LogP contribution in [0.4, 0.5) is 0 Å². The van der Waals surface area contributed by atoms with Crippen molar-refractivity contribution >= 4 is 17.9 Å². The van der Waals surface area contributed by atoms with Crippen LogP contribution in [-0.4, -0.2) is 37.2 Å². The Labute approximate surface area is 460 Å². The number of hydrogen-bond donors (Lipinski definition) is 0. The lowest BCUT2D eigenvalue weighted by atomic mass is 10.0. The van der Waals surface area contributed by atoms with Crippen molar-refractivity contribution in [3.05, 3.63) is 48.6 Å². The monoisotopic (exact) mass is 1040 g/mol. The summed E-state index contributed by atoms with van der Waals surface area (Å²) in [6.45, 7) is 6.52. The normalized spacial score (nSPS) is 12.3. The van der Waals surface area contributed by atoms with E-state index in [0.29, 0.717) is 19.3 Å². The van der Waals surface area contributed by atoms with E-state index in [-0.39, 0.29) is 31.1 Å². The summed E-state index contributed by atoms with van der Waals surface area (Å²) in [4.78, 5) is 38.1. The fraction of sp³-hybridized carbons (Fsp3) is 0.838. The summed E-state index contributed by atoms with van der Waals surface area (Å²) < 4.78 is 16.8. The standard InChI is InChI=1S/C68H124O6/c1-4-7-10-13-16-19-21-23-25-27-28-29-30-31-32-33-34-35-36-37-38-39-40-42-43-45-47-49-52-55-58-61-67(70)73-64-65(63-72-66(69)60-57-54-51-18-15-12-9-6-3)74-68(71)62-59-56-53-50-48-46-44-41-26-24-22-20-17-14-11-8-5-2/h8,11,17,20,24,26,44,46,65H,4-7,9-10,12-16,18-19,21-23,25,27-43,45,47-64H2,1-3H3/b11-8-,20-17-,26-24-,46-44-. The van der Waals surface area contributed by atoms with Gasteiger partial charge in [-0.1, -0.05) is 320 Å². The second-order valence-corrected chi connectivity index (χ2v) is 22.0. The van der Waals surface area contributed by atoms with Crippen LogP contribution < -0.4 is 0 Å². The number of rotatable bonds is 60. The maximum atomic E-state index is 12.8. The van der Waals surface area contributed by atoms with E-state index in [1.165, 1.54) is 212 Å². The second-order valence-electron chi connectivity index (χ2n) is 22.0. The quantitative estimate of drug-likeness (QED) is 0.0261. The average molecular weight is 1040 g/mol. The van der Waals surface area contributed by atoms with Crippen LogP contribution in [0.3, 0.4) is 0 Å². The van der Waals surface area contributed by atoms with Crippen molar-refractivity contribution in [3.8, 4) is 0 Å². The molecule has 0 rings (SSSR count). The van der Waals surface area contributed by atoms with E-state index in [9.17, 15) is 14.4 Å². The first-order valence-corrected chi connectivity index (χ1v) is 32.6. The summed E-state index contributed by atoms with van der Waals surface area (Å²) in [6.07, 6.45) is 78.8. The third-order valence-corrected chi connectivity index (χ3v) is 14.6. The highest BCUT2D eigenvalue weighted by atomic mass is 16.6. The van der Waals surface area contributed by atoms with Gasteiger partial charge in [-0.15, -0.1) is 0 Å². The Morgan fingerprint density at radius 3 is 0.824 bits per heavy atom. The molecule has 0 aromatic rings. The lowest BCUT2D eigenvalue weighted by molar-refractivity contribution is -0.167. The molecule has 1 unspecified atom stereocenters. The van der Waals surface area contributed by atoms with E-state index in [0.717, 1.165) is 96.3 Å². The highest BCUT2D eigenvalue weighted by Crippen LogP contribution is 2.18. The second kappa shape index (κ2) is 62.9. The summed E-state index contributed by atoms with van der Waals surface area (Å²) in [5.74, 6) is -0.891. The lowest BCUT2D eigenvalue weighted by Gasteiger charge is -2.18. The third-order valence-electron chi connectivity index (χ3n) is 14.6. The first-order chi connectivity index (χ1) is 36.5. The largest absolute Gasteiger partial charge is 0.462 e. The molecule has 0 saturated heterocycles. The Balaban J connectivity index is 4.04. The number of esters is 3.